The number of aliphatic imine (C=N–C) groups is 1. The van der Waals surface area contributed by atoms with Crippen molar-refractivity contribution < 1.29 is 46.2 Å². The molecule has 3 aromatic rings. The van der Waals surface area contributed by atoms with Gasteiger partial charge in [0, 0.05) is 30.7 Å². The van der Waals surface area contributed by atoms with Gasteiger partial charge in [0.2, 0.25) is 5.88 Å². The average molecular weight is 539 g/mol. The van der Waals surface area contributed by atoms with Gasteiger partial charge >= 0.3 is 12.3 Å². The lowest BCUT2D eigenvalue weighted by Crippen LogP contribution is -2.48. The molecule has 38 heavy (non-hydrogen) atoms. The maximum Gasteiger partial charge on any atom is 0.412 e. The maximum atomic E-state index is 14.9. The van der Waals surface area contributed by atoms with E-state index in [0.717, 1.165) is 6.07 Å². The lowest BCUT2D eigenvalue weighted by atomic mass is 9.86. The molecule has 0 saturated carbocycles. The third kappa shape index (κ3) is 5.99. The number of nitrogens with one attached hydrogen (secondary N) is 1. The van der Waals surface area contributed by atoms with Gasteiger partial charge in [-0.2, -0.15) is 13.2 Å². The Morgan fingerprint density at radius 3 is 2.66 bits per heavy atom. The number of amidine groups is 1. The summed E-state index contributed by atoms with van der Waals surface area (Å²) in [6.45, 7) is 1.88. The van der Waals surface area contributed by atoms with Crippen LogP contribution in [0.4, 0.5) is 22.4 Å². The van der Waals surface area contributed by atoms with Crippen molar-refractivity contribution in [1.82, 2.24) is 20.4 Å². The minimum atomic E-state index is -4.82. The number of amides is 1. The van der Waals surface area contributed by atoms with E-state index in [4.69, 9.17) is 23.8 Å². The molecule has 0 radical (unpaired) electrons. The van der Waals surface area contributed by atoms with E-state index in [0.29, 0.717) is 18.0 Å². The van der Waals surface area contributed by atoms with Crippen molar-refractivity contribution in [3.8, 4) is 28.6 Å². The Morgan fingerprint density at radius 2 is 2.00 bits per heavy atom. The van der Waals surface area contributed by atoms with Crippen LogP contribution in [-0.4, -0.2) is 64.9 Å². The molecule has 4 rings (SSSR count). The first-order valence-corrected chi connectivity index (χ1v) is 11.0. The van der Waals surface area contributed by atoms with Crippen LogP contribution in [0.15, 0.2) is 46.2 Å². The van der Waals surface area contributed by atoms with Gasteiger partial charge in [0.05, 0.1) is 19.0 Å². The number of rotatable bonds is 7. The molecule has 15 heteroatoms. The standard InChI is InChI=1S/C23H21F4N5O6/c1-22(9-18(23(25,26)27)30-20(37-22)31-21(33)34)13-7-12(3-4-14(13)24)17-8-15(32-38-17)16-10-29-19(11-28-16)36-6-5-35-2/h3-4,7-8,10-11,18H,5-6,9H2,1-2H3,(H,30,31)(H,33,34)/t18-,22-/m0/s1. The molecule has 0 saturated heterocycles. The Hall–Kier alpha value is -4.27. The lowest BCUT2D eigenvalue weighted by Gasteiger charge is -2.38. The van der Waals surface area contributed by atoms with Crippen LogP contribution in [0.5, 0.6) is 5.88 Å². The number of hydrogen-bond acceptors (Lipinski definition) is 9. The van der Waals surface area contributed by atoms with Crippen molar-refractivity contribution in [2.24, 2.45) is 4.99 Å². The zero-order valence-electron chi connectivity index (χ0n) is 20.0. The molecule has 1 aliphatic rings. The second-order valence-corrected chi connectivity index (χ2v) is 8.31. The van der Waals surface area contributed by atoms with Crippen LogP contribution in [0.2, 0.25) is 0 Å². The van der Waals surface area contributed by atoms with Crippen molar-refractivity contribution in [2.45, 2.75) is 31.2 Å². The molecule has 1 amide bonds. The van der Waals surface area contributed by atoms with E-state index < -0.39 is 42.2 Å². The molecule has 0 spiro atoms. The minimum Gasteiger partial charge on any atom is -0.474 e. The number of alkyl halides is 3. The summed E-state index contributed by atoms with van der Waals surface area (Å²) >= 11 is 0. The third-order valence-corrected chi connectivity index (χ3v) is 5.53. The highest BCUT2D eigenvalue weighted by atomic mass is 19.4. The average Bonchev–Trinajstić information content (AvgIpc) is 3.34. The molecule has 3 heterocycles. The number of carboxylic acid groups (broad SMARTS) is 1. The summed E-state index contributed by atoms with van der Waals surface area (Å²) in [7, 11) is 1.54. The molecule has 11 nitrogen and oxygen atoms in total. The SMILES string of the molecule is COCCOc1cnc(-c2cc(-c3ccc(F)c([C@]4(C)C[C@@H](C(F)(F)F)N=C(NC(=O)O)O4)c3)on2)cn1. The molecule has 1 aliphatic heterocycles. The molecular formula is C23H21F4N5O6. The van der Waals surface area contributed by atoms with Crippen molar-refractivity contribution >= 4 is 12.1 Å². The summed E-state index contributed by atoms with van der Waals surface area (Å²) < 4.78 is 76.6. The predicted molar refractivity (Wildman–Crippen MR) is 122 cm³/mol. The van der Waals surface area contributed by atoms with Gasteiger partial charge in [-0.15, -0.1) is 0 Å². The Labute approximate surface area is 212 Å². The Bertz CT molecular complexity index is 1330. The van der Waals surface area contributed by atoms with Crippen LogP contribution in [0.3, 0.4) is 0 Å². The number of nitrogens with zero attached hydrogens (tertiary/aromatic N) is 4. The van der Waals surface area contributed by atoms with Gasteiger partial charge in [0.15, 0.2) is 11.8 Å². The first-order valence-electron chi connectivity index (χ1n) is 11.0. The Balaban J connectivity index is 1.61. The van der Waals surface area contributed by atoms with Gasteiger partial charge in [0.1, 0.15) is 29.4 Å². The number of benzene rings is 1. The highest BCUT2D eigenvalue weighted by Crippen LogP contribution is 2.42. The fraction of sp³-hybridized carbons (Fsp3) is 0.348. The Kier molecular flexibility index (Phi) is 7.48. The second-order valence-electron chi connectivity index (χ2n) is 8.31. The van der Waals surface area contributed by atoms with E-state index in [1.165, 1.54) is 44.6 Å². The van der Waals surface area contributed by atoms with Crippen molar-refractivity contribution in [3.63, 3.8) is 0 Å². The highest BCUT2D eigenvalue weighted by Gasteiger charge is 2.50. The topological polar surface area (TPSA) is 141 Å². The monoisotopic (exact) mass is 539 g/mol. The molecule has 1 aromatic carbocycles. The van der Waals surface area contributed by atoms with Gasteiger partial charge in [-0.3, -0.25) is 0 Å². The number of aromatic nitrogens is 3. The fourth-order valence-corrected chi connectivity index (χ4v) is 3.71. The molecule has 2 atom stereocenters. The zero-order valence-corrected chi connectivity index (χ0v) is 20.0. The van der Waals surface area contributed by atoms with E-state index in [-0.39, 0.29) is 29.4 Å². The first-order chi connectivity index (χ1) is 18.0. The normalized spacial score (nSPS) is 19.4. The van der Waals surface area contributed by atoms with Crippen LogP contribution in [0.25, 0.3) is 22.7 Å². The molecule has 0 aliphatic carbocycles. The van der Waals surface area contributed by atoms with Crippen LogP contribution in [0.1, 0.15) is 18.9 Å². The van der Waals surface area contributed by atoms with Crippen molar-refractivity contribution in [3.05, 3.63) is 48.0 Å². The molecular weight excluding hydrogens is 518 g/mol. The number of carbonyl (C=O) groups is 1. The zero-order chi connectivity index (χ0) is 27.5. The number of ether oxygens (including phenoxy) is 3. The molecule has 2 aromatic heterocycles. The highest BCUT2D eigenvalue weighted by molar-refractivity contribution is 5.90. The maximum absolute atomic E-state index is 14.9. The fourth-order valence-electron chi connectivity index (χ4n) is 3.71. The van der Waals surface area contributed by atoms with Crippen molar-refractivity contribution in [1.29, 1.82) is 0 Å². The van der Waals surface area contributed by atoms with E-state index in [2.05, 4.69) is 20.1 Å². The quantitative estimate of drug-likeness (QED) is 0.335. The predicted octanol–water partition coefficient (Wildman–Crippen LogP) is 4.15. The molecule has 0 bridgehead atoms. The molecule has 0 unspecified atom stereocenters. The van der Waals surface area contributed by atoms with Gasteiger partial charge in [-0.05, 0) is 25.1 Å². The smallest absolute Gasteiger partial charge is 0.412 e. The van der Waals surface area contributed by atoms with E-state index in [9.17, 15) is 22.4 Å². The largest absolute Gasteiger partial charge is 0.474 e. The summed E-state index contributed by atoms with van der Waals surface area (Å²) in [5.41, 5.74) is -1.28. The van der Waals surface area contributed by atoms with Gasteiger partial charge in [-0.1, -0.05) is 5.16 Å². The molecule has 2 N–H and O–H groups in total. The second kappa shape index (κ2) is 10.6. The van der Waals surface area contributed by atoms with Crippen LogP contribution in [0, 0.1) is 5.82 Å². The van der Waals surface area contributed by atoms with Crippen LogP contribution < -0.4 is 10.1 Å². The summed E-state index contributed by atoms with van der Waals surface area (Å²) in [5.74, 6) is -0.438. The first kappa shape index (κ1) is 26.8. The van der Waals surface area contributed by atoms with Crippen molar-refractivity contribution in [2.75, 3.05) is 20.3 Å². The third-order valence-electron chi connectivity index (χ3n) is 5.53. The number of halogens is 4. The van der Waals surface area contributed by atoms with Gasteiger partial charge in [-0.25, -0.2) is 29.5 Å². The summed E-state index contributed by atoms with van der Waals surface area (Å²) in [4.78, 5) is 22.6. The van der Waals surface area contributed by atoms with E-state index in [1.54, 1.807) is 5.32 Å². The van der Waals surface area contributed by atoms with E-state index in [1.807, 2.05) is 0 Å². The number of methoxy groups -OCH3 is 1. The van der Waals surface area contributed by atoms with Crippen LogP contribution >= 0.6 is 0 Å². The number of hydrogen-bond donors (Lipinski definition) is 2. The minimum absolute atomic E-state index is 0.160. The summed E-state index contributed by atoms with van der Waals surface area (Å²) in [6, 6.07) is 1.89. The van der Waals surface area contributed by atoms with Gasteiger partial charge < -0.3 is 23.8 Å². The Morgan fingerprint density at radius 1 is 1.21 bits per heavy atom. The lowest BCUT2D eigenvalue weighted by molar-refractivity contribution is -0.164. The molecule has 202 valence electrons. The van der Waals surface area contributed by atoms with Crippen LogP contribution in [-0.2, 0) is 15.1 Å². The van der Waals surface area contributed by atoms with Gasteiger partial charge in [0.25, 0.3) is 6.02 Å². The summed E-state index contributed by atoms with van der Waals surface area (Å²) in [5, 5.41) is 14.5. The molecule has 0 fully saturated rings. The van der Waals surface area contributed by atoms with E-state index >= 15 is 0 Å². The summed E-state index contributed by atoms with van der Waals surface area (Å²) in [6.07, 6.45) is -4.51.